The number of nitrogens with one attached hydrogen (secondary N) is 1. The number of imidazole rings is 1. The minimum Gasteiger partial charge on any atom is -0.441 e. The van der Waals surface area contributed by atoms with Crippen LogP contribution in [-0.4, -0.2) is 21.0 Å². The Morgan fingerprint density at radius 1 is 1.42 bits per heavy atom. The molecule has 19 heavy (non-hydrogen) atoms. The Morgan fingerprint density at radius 2 is 2.26 bits per heavy atom. The number of hydrogen-bond acceptors (Lipinski definition) is 4. The zero-order valence-electron chi connectivity index (χ0n) is 11.0. The van der Waals surface area contributed by atoms with Crippen LogP contribution in [0.5, 0.6) is 0 Å². The van der Waals surface area contributed by atoms with Crippen molar-refractivity contribution in [1.82, 2.24) is 15.0 Å². The summed E-state index contributed by atoms with van der Waals surface area (Å²) in [5.41, 5.74) is 9.45. The van der Waals surface area contributed by atoms with Crippen LogP contribution in [0.3, 0.4) is 0 Å². The van der Waals surface area contributed by atoms with E-state index < -0.39 is 0 Å². The largest absolute Gasteiger partial charge is 0.441 e. The van der Waals surface area contributed by atoms with Gasteiger partial charge in [0, 0.05) is 24.9 Å². The fraction of sp³-hybridized carbons (Fsp3) is 0.286. The SMILES string of the molecule is Cc1nc2cc(-c3cnc(CC(C)N)[nH]3)ccc2o1. The standard InChI is InChI=1S/C14H16N4O/c1-8(15)5-14-16-7-12(18-14)10-3-4-13-11(6-10)17-9(2)19-13/h3-4,6-8H,5,15H2,1-2H3,(H,16,18). The van der Waals surface area contributed by atoms with Gasteiger partial charge in [0.25, 0.3) is 0 Å². The predicted molar refractivity (Wildman–Crippen MR) is 73.7 cm³/mol. The average Bonchev–Trinajstić information content (AvgIpc) is 2.92. The van der Waals surface area contributed by atoms with Gasteiger partial charge < -0.3 is 15.1 Å². The highest BCUT2D eigenvalue weighted by molar-refractivity contribution is 5.79. The molecule has 5 nitrogen and oxygen atoms in total. The van der Waals surface area contributed by atoms with Crippen molar-refractivity contribution in [3.63, 3.8) is 0 Å². The number of aromatic amines is 1. The number of aromatic nitrogens is 3. The van der Waals surface area contributed by atoms with Crippen LogP contribution in [0.2, 0.25) is 0 Å². The van der Waals surface area contributed by atoms with Crippen molar-refractivity contribution < 1.29 is 4.42 Å². The first-order valence-corrected chi connectivity index (χ1v) is 6.29. The van der Waals surface area contributed by atoms with Crippen LogP contribution in [0, 0.1) is 6.92 Å². The molecule has 0 bridgehead atoms. The number of aryl methyl sites for hydroxylation is 1. The number of benzene rings is 1. The third-order valence-electron chi connectivity index (χ3n) is 2.95. The molecule has 0 aliphatic rings. The number of rotatable bonds is 3. The van der Waals surface area contributed by atoms with Gasteiger partial charge in [-0.3, -0.25) is 0 Å². The second-order valence-corrected chi connectivity index (χ2v) is 4.84. The third kappa shape index (κ3) is 2.37. The molecule has 3 rings (SSSR count). The first-order valence-electron chi connectivity index (χ1n) is 6.29. The molecular weight excluding hydrogens is 240 g/mol. The van der Waals surface area contributed by atoms with Gasteiger partial charge in [-0.15, -0.1) is 0 Å². The van der Waals surface area contributed by atoms with E-state index in [0.29, 0.717) is 5.89 Å². The molecule has 0 amide bonds. The lowest BCUT2D eigenvalue weighted by atomic mass is 10.1. The monoisotopic (exact) mass is 256 g/mol. The molecule has 98 valence electrons. The van der Waals surface area contributed by atoms with Gasteiger partial charge in [-0.2, -0.15) is 0 Å². The van der Waals surface area contributed by atoms with Gasteiger partial charge in [0.05, 0.1) is 11.9 Å². The Labute approximate surface area is 110 Å². The van der Waals surface area contributed by atoms with Crippen LogP contribution in [0.1, 0.15) is 18.6 Å². The van der Waals surface area contributed by atoms with E-state index in [-0.39, 0.29) is 6.04 Å². The third-order valence-corrected chi connectivity index (χ3v) is 2.95. The van der Waals surface area contributed by atoms with E-state index in [1.54, 1.807) is 0 Å². The molecule has 0 saturated carbocycles. The Bertz CT molecular complexity index is 711. The summed E-state index contributed by atoms with van der Waals surface area (Å²) in [6, 6.07) is 6.02. The molecule has 2 heterocycles. The van der Waals surface area contributed by atoms with Crippen LogP contribution in [0.25, 0.3) is 22.4 Å². The number of hydrogen-bond donors (Lipinski definition) is 2. The van der Waals surface area contributed by atoms with Crippen LogP contribution < -0.4 is 5.73 Å². The van der Waals surface area contributed by atoms with E-state index in [2.05, 4.69) is 15.0 Å². The molecule has 1 unspecified atom stereocenters. The van der Waals surface area contributed by atoms with Gasteiger partial charge in [0.2, 0.25) is 0 Å². The molecule has 3 aromatic rings. The average molecular weight is 256 g/mol. The Balaban J connectivity index is 1.96. The lowest BCUT2D eigenvalue weighted by molar-refractivity contribution is 0.561. The van der Waals surface area contributed by atoms with Crippen LogP contribution >= 0.6 is 0 Å². The van der Waals surface area contributed by atoms with Crippen molar-refractivity contribution in [2.24, 2.45) is 5.73 Å². The molecule has 0 spiro atoms. The second-order valence-electron chi connectivity index (χ2n) is 4.84. The first kappa shape index (κ1) is 11.9. The minimum atomic E-state index is 0.0969. The van der Waals surface area contributed by atoms with E-state index in [1.165, 1.54) is 0 Å². The van der Waals surface area contributed by atoms with Gasteiger partial charge in [0.15, 0.2) is 11.5 Å². The number of H-pyrrole nitrogens is 1. The number of nitrogens with zero attached hydrogens (tertiary/aromatic N) is 2. The van der Waals surface area contributed by atoms with Gasteiger partial charge in [-0.1, -0.05) is 0 Å². The lowest BCUT2D eigenvalue weighted by Gasteiger charge is -2.00. The summed E-state index contributed by atoms with van der Waals surface area (Å²) in [6.45, 7) is 3.81. The molecular formula is C14H16N4O. The summed E-state index contributed by atoms with van der Waals surface area (Å²) >= 11 is 0. The van der Waals surface area contributed by atoms with E-state index >= 15 is 0 Å². The van der Waals surface area contributed by atoms with Crippen molar-refractivity contribution in [2.45, 2.75) is 26.3 Å². The van der Waals surface area contributed by atoms with Gasteiger partial charge in [-0.05, 0) is 25.1 Å². The molecule has 0 aliphatic heterocycles. The van der Waals surface area contributed by atoms with E-state index in [4.69, 9.17) is 10.2 Å². The number of fused-ring (bicyclic) bond motifs is 1. The summed E-state index contributed by atoms with van der Waals surface area (Å²) in [5.74, 6) is 1.58. The highest BCUT2D eigenvalue weighted by Gasteiger charge is 2.08. The quantitative estimate of drug-likeness (QED) is 0.754. The van der Waals surface area contributed by atoms with E-state index in [0.717, 1.165) is 34.6 Å². The maximum atomic E-state index is 5.77. The molecule has 0 fully saturated rings. The molecule has 0 aliphatic carbocycles. The van der Waals surface area contributed by atoms with Crippen molar-refractivity contribution in [2.75, 3.05) is 0 Å². The molecule has 0 saturated heterocycles. The fourth-order valence-electron chi connectivity index (χ4n) is 2.13. The van der Waals surface area contributed by atoms with Gasteiger partial charge >= 0.3 is 0 Å². The first-order chi connectivity index (χ1) is 9.11. The van der Waals surface area contributed by atoms with E-state index in [1.807, 2.05) is 38.2 Å². The molecule has 1 aromatic carbocycles. The van der Waals surface area contributed by atoms with Crippen molar-refractivity contribution >= 4 is 11.1 Å². The van der Waals surface area contributed by atoms with Crippen LogP contribution in [0.15, 0.2) is 28.8 Å². The maximum Gasteiger partial charge on any atom is 0.192 e. The topological polar surface area (TPSA) is 80.7 Å². The van der Waals surface area contributed by atoms with Crippen LogP contribution in [0.4, 0.5) is 0 Å². The second kappa shape index (κ2) is 4.51. The summed E-state index contributed by atoms with van der Waals surface area (Å²) in [7, 11) is 0. The molecule has 2 aromatic heterocycles. The maximum absolute atomic E-state index is 5.77. The predicted octanol–water partition coefficient (Wildman–Crippen LogP) is 2.42. The highest BCUT2D eigenvalue weighted by Crippen LogP contribution is 2.23. The minimum absolute atomic E-state index is 0.0969. The number of nitrogens with two attached hydrogens (primary N) is 1. The zero-order chi connectivity index (χ0) is 13.4. The van der Waals surface area contributed by atoms with Gasteiger partial charge in [0.1, 0.15) is 11.3 Å². The normalized spacial score (nSPS) is 13.0. The van der Waals surface area contributed by atoms with Crippen molar-refractivity contribution in [3.05, 3.63) is 36.1 Å². The fourth-order valence-corrected chi connectivity index (χ4v) is 2.13. The summed E-state index contributed by atoms with van der Waals surface area (Å²) in [5, 5.41) is 0. The van der Waals surface area contributed by atoms with Crippen molar-refractivity contribution in [1.29, 1.82) is 0 Å². The number of oxazole rings is 1. The Hall–Kier alpha value is -2.14. The Morgan fingerprint density at radius 3 is 3.05 bits per heavy atom. The van der Waals surface area contributed by atoms with E-state index in [9.17, 15) is 0 Å². The van der Waals surface area contributed by atoms with Crippen molar-refractivity contribution in [3.8, 4) is 11.3 Å². The van der Waals surface area contributed by atoms with Gasteiger partial charge in [-0.25, -0.2) is 9.97 Å². The van der Waals surface area contributed by atoms with Crippen LogP contribution in [-0.2, 0) is 6.42 Å². The zero-order valence-corrected chi connectivity index (χ0v) is 11.0. The summed E-state index contributed by atoms with van der Waals surface area (Å²) in [6.07, 6.45) is 2.57. The summed E-state index contributed by atoms with van der Waals surface area (Å²) < 4.78 is 5.46. The lowest BCUT2D eigenvalue weighted by Crippen LogP contribution is -2.18. The molecule has 5 heteroatoms. The highest BCUT2D eigenvalue weighted by atomic mass is 16.3. The Kier molecular flexibility index (Phi) is 2.83. The smallest absolute Gasteiger partial charge is 0.192 e. The molecule has 1 atom stereocenters. The molecule has 3 N–H and O–H groups in total. The summed E-state index contributed by atoms with van der Waals surface area (Å²) in [4.78, 5) is 12.0. The molecule has 0 radical (unpaired) electrons.